The summed E-state index contributed by atoms with van der Waals surface area (Å²) in [5.74, 6) is 0. The van der Waals surface area contributed by atoms with Crippen LogP contribution in [0, 0.1) is 11.3 Å². The zero-order chi connectivity index (χ0) is 12.2. The molecule has 86 valence electrons. The number of benzene rings is 1. The average molecular weight is 235 g/mol. The van der Waals surface area contributed by atoms with Crippen molar-refractivity contribution >= 4 is 10.8 Å². The van der Waals surface area contributed by atoms with Crippen LogP contribution in [0.3, 0.4) is 0 Å². The first-order valence-electron chi connectivity index (χ1n) is 5.29. The van der Waals surface area contributed by atoms with Crippen molar-refractivity contribution in [2.75, 3.05) is 0 Å². The molecule has 0 N–H and O–H groups in total. The van der Waals surface area contributed by atoms with E-state index in [1.807, 2.05) is 51.1 Å². The maximum atomic E-state index is 12.3. The fraction of sp³-hybridized carbons (Fsp3) is 0.462. The molecule has 1 aromatic rings. The Hall–Kier alpha value is -1.14. The van der Waals surface area contributed by atoms with E-state index in [4.69, 9.17) is 5.26 Å². The van der Waals surface area contributed by atoms with Crippen LogP contribution >= 0.6 is 0 Å². The van der Waals surface area contributed by atoms with Crippen LogP contribution in [0.2, 0.25) is 0 Å². The SMILES string of the molecule is CC(C)(C)S(=O)C(CC#N)c1ccccc1. The zero-order valence-electron chi connectivity index (χ0n) is 9.93. The predicted octanol–water partition coefficient (Wildman–Crippen LogP) is 3.19. The van der Waals surface area contributed by atoms with Gasteiger partial charge < -0.3 is 0 Å². The molecule has 0 aliphatic rings. The third-order valence-electron chi connectivity index (χ3n) is 2.31. The summed E-state index contributed by atoms with van der Waals surface area (Å²) in [6, 6.07) is 11.8. The number of rotatable bonds is 3. The predicted molar refractivity (Wildman–Crippen MR) is 67.3 cm³/mol. The molecule has 1 aromatic carbocycles. The molecule has 0 radical (unpaired) electrons. The monoisotopic (exact) mass is 235 g/mol. The van der Waals surface area contributed by atoms with Crippen LogP contribution in [0.1, 0.15) is 38.0 Å². The maximum Gasteiger partial charge on any atom is 0.0732 e. The van der Waals surface area contributed by atoms with Crippen molar-refractivity contribution in [3.8, 4) is 6.07 Å². The van der Waals surface area contributed by atoms with Crippen molar-refractivity contribution in [3.63, 3.8) is 0 Å². The molecule has 0 saturated carbocycles. The third kappa shape index (κ3) is 3.18. The fourth-order valence-corrected chi connectivity index (χ4v) is 2.98. The summed E-state index contributed by atoms with van der Waals surface area (Å²) in [7, 11) is -1.05. The quantitative estimate of drug-likeness (QED) is 0.807. The smallest absolute Gasteiger partial charge is 0.0732 e. The average Bonchev–Trinajstić information content (AvgIpc) is 2.25. The van der Waals surface area contributed by atoms with E-state index in [0.29, 0.717) is 6.42 Å². The summed E-state index contributed by atoms with van der Waals surface area (Å²) >= 11 is 0. The maximum absolute atomic E-state index is 12.3. The Labute approximate surface area is 99.8 Å². The number of nitrogens with zero attached hydrogens (tertiary/aromatic N) is 1. The van der Waals surface area contributed by atoms with Crippen molar-refractivity contribution in [1.82, 2.24) is 0 Å². The Kier molecular flexibility index (Phi) is 4.26. The van der Waals surface area contributed by atoms with Crippen molar-refractivity contribution in [3.05, 3.63) is 35.9 Å². The van der Waals surface area contributed by atoms with Gasteiger partial charge in [-0.3, -0.25) is 4.21 Å². The van der Waals surface area contributed by atoms with E-state index in [2.05, 4.69) is 6.07 Å². The molecule has 2 unspecified atom stereocenters. The Morgan fingerprint density at radius 2 is 1.88 bits per heavy atom. The van der Waals surface area contributed by atoms with E-state index in [-0.39, 0.29) is 10.00 Å². The second kappa shape index (κ2) is 5.27. The fourth-order valence-electron chi connectivity index (χ4n) is 1.49. The molecule has 3 heteroatoms. The molecule has 0 fully saturated rings. The summed E-state index contributed by atoms with van der Waals surface area (Å²) in [5.41, 5.74) is 0.984. The highest BCUT2D eigenvalue weighted by Gasteiger charge is 2.28. The van der Waals surface area contributed by atoms with Crippen LogP contribution < -0.4 is 0 Å². The van der Waals surface area contributed by atoms with E-state index in [9.17, 15) is 4.21 Å². The van der Waals surface area contributed by atoms with Gasteiger partial charge >= 0.3 is 0 Å². The largest absolute Gasteiger partial charge is 0.258 e. The van der Waals surface area contributed by atoms with Gasteiger partial charge in [-0.05, 0) is 26.3 Å². The zero-order valence-corrected chi connectivity index (χ0v) is 10.8. The Balaban J connectivity index is 3.02. The molecule has 0 spiro atoms. The lowest BCUT2D eigenvalue weighted by Crippen LogP contribution is -2.26. The van der Waals surface area contributed by atoms with Gasteiger partial charge in [0.2, 0.25) is 0 Å². The minimum Gasteiger partial charge on any atom is -0.258 e. The Morgan fingerprint density at radius 1 is 1.31 bits per heavy atom. The molecule has 0 aromatic heterocycles. The minimum atomic E-state index is -1.05. The normalized spacial score (nSPS) is 15.1. The van der Waals surface area contributed by atoms with Crippen LogP contribution in [0.4, 0.5) is 0 Å². The summed E-state index contributed by atoms with van der Waals surface area (Å²) in [4.78, 5) is 0. The van der Waals surface area contributed by atoms with Gasteiger partial charge in [-0.1, -0.05) is 30.3 Å². The summed E-state index contributed by atoms with van der Waals surface area (Å²) in [6.45, 7) is 5.82. The van der Waals surface area contributed by atoms with Crippen molar-refractivity contribution in [2.45, 2.75) is 37.2 Å². The molecule has 0 amide bonds. The molecule has 2 atom stereocenters. The Morgan fingerprint density at radius 3 is 2.31 bits per heavy atom. The number of hydrogen-bond acceptors (Lipinski definition) is 2. The second-order valence-corrected chi connectivity index (χ2v) is 7.06. The Bertz CT molecular complexity index is 400. The van der Waals surface area contributed by atoms with Crippen molar-refractivity contribution in [2.24, 2.45) is 0 Å². The van der Waals surface area contributed by atoms with E-state index in [0.717, 1.165) is 5.56 Å². The van der Waals surface area contributed by atoms with Gasteiger partial charge in [0.1, 0.15) is 0 Å². The van der Waals surface area contributed by atoms with Gasteiger partial charge in [0.05, 0.1) is 17.7 Å². The van der Waals surface area contributed by atoms with E-state index < -0.39 is 10.8 Å². The highest BCUT2D eigenvalue weighted by Crippen LogP contribution is 2.30. The molecule has 0 bridgehead atoms. The van der Waals surface area contributed by atoms with Crippen LogP contribution in [0.25, 0.3) is 0 Å². The summed E-state index contributed by atoms with van der Waals surface area (Å²) < 4.78 is 12.0. The van der Waals surface area contributed by atoms with Gasteiger partial charge in [0.25, 0.3) is 0 Å². The van der Waals surface area contributed by atoms with Crippen LogP contribution in [0.15, 0.2) is 30.3 Å². The topological polar surface area (TPSA) is 40.9 Å². The lowest BCUT2D eigenvalue weighted by atomic mass is 10.1. The van der Waals surface area contributed by atoms with Crippen LogP contribution in [-0.2, 0) is 10.8 Å². The number of nitriles is 1. The first kappa shape index (κ1) is 12.9. The lowest BCUT2D eigenvalue weighted by Gasteiger charge is -2.24. The standard InChI is InChI=1S/C13H17NOS/c1-13(2,3)16(15)12(9-10-14)11-7-5-4-6-8-11/h4-8,12H,9H2,1-3H3. The van der Waals surface area contributed by atoms with Gasteiger partial charge in [-0.2, -0.15) is 5.26 Å². The molecule has 0 aliphatic heterocycles. The highest BCUT2D eigenvalue weighted by atomic mass is 32.2. The minimum absolute atomic E-state index is 0.189. The van der Waals surface area contributed by atoms with E-state index >= 15 is 0 Å². The lowest BCUT2D eigenvalue weighted by molar-refractivity contribution is 0.636. The summed E-state index contributed by atoms with van der Waals surface area (Å²) in [5, 5.41) is 8.64. The van der Waals surface area contributed by atoms with Crippen molar-refractivity contribution < 1.29 is 4.21 Å². The molecule has 2 nitrogen and oxygen atoms in total. The summed E-state index contributed by atoms with van der Waals surface area (Å²) in [6.07, 6.45) is 0.299. The molecule has 1 rings (SSSR count). The van der Waals surface area contributed by atoms with Gasteiger partial charge in [-0.25, -0.2) is 0 Å². The van der Waals surface area contributed by atoms with Gasteiger partial charge in [0.15, 0.2) is 0 Å². The van der Waals surface area contributed by atoms with Crippen molar-refractivity contribution in [1.29, 1.82) is 5.26 Å². The van der Waals surface area contributed by atoms with Crippen LogP contribution in [-0.4, -0.2) is 8.96 Å². The number of hydrogen-bond donors (Lipinski definition) is 0. The first-order valence-corrected chi connectivity index (χ1v) is 6.50. The second-order valence-electron chi connectivity index (χ2n) is 4.67. The molecular formula is C13H17NOS. The molecule has 0 saturated heterocycles. The highest BCUT2D eigenvalue weighted by molar-refractivity contribution is 7.86. The molecule has 0 aliphatic carbocycles. The molecule has 0 heterocycles. The van der Waals surface area contributed by atoms with Gasteiger partial charge in [-0.15, -0.1) is 0 Å². The molecule has 16 heavy (non-hydrogen) atoms. The first-order chi connectivity index (χ1) is 7.46. The molecular weight excluding hydrogens is 218 g/mol. The van der Waals surface area contributed by atoms with E-state index in [1.165, 1.54) is 0 Å². The van der Waals surface area contributed by atoms with E-state index in [1.54, 1.807) is 0 Å². The van der Waals surface area contributed by atoms with Gasteiger partial charge in [0, 0.05) is 15.5 Å². The third-order valence-corrected chi connectivity index (χ3v) is 4.47. The van der Waals surface area contributed by atoms with Crippen LogP contribution in [0.5, 0.6) is 0 Å².